The van der Waals surface area contributed by atoms with Crippen LogP contribution in [0.25, 0.3) is 0 Å². The van der Waals surface area contributed by atoms with Crippen LogP contribution < -0.4 is 0 Å². The van der Waals surface area contributed by atoms with Crippen molar-refractivity contribution in [3.8, 4) is 0 Å². The lowest BCUT2D eigenvalue weighted by Crippen LogP contribution is -2.13. The molecule has 0 saturated heterocycles. The van der Waals surface area contributed by atoms with Crippen molar-refractivity contribution < 1.29 is 4.52 Å². The summed E-state index contributed by atoms with van der Waals surface area (Å²) in [6.45, 7) is 8.62. The summed E-state index contributed by atoms with van der Waals surface area (Å²) in [6, 6.07) is 2.01. The van der Waals surface area contributed by atoms with Gasteiger partial charge in [0.1, 0.15) is 5.76 Å². The second-order valence-electron chi connectivity index (χ2n) is 4.12. The smallest absolute Gasteiger partial charge is 0.133 e. The molecule has 0 saturated carbocycles. The van der Waals surface area contributed by atoms with Crippen LogP contribution in [0.4, 0.5) is 0 Å². The van der Waals surface area contributed by atoms with Gasteiger partial charge in [0.2, 0.25) is 0 Å². The second-order valence-corrected chi connectivity index (χ2v) is 4.12. The number of rotatable bonds is 3. The average Bonchev–Trinajstić information content (AvgIpc) is 2.35. The first kappa shape index (κ1) is 9.30. The zero-order chi connectivity index (χ0) is 9.19. The van der Waals surface area contributed by atoms with Crippen LogP contribution in [-0.2, 0) is 6.42 Å². The van der Waals surface area contributed by atoms with Gasteiger partial charge in [-0.05, 0) is 18.8 Å². The highest BCUT2D eigenvalue weighted by Crippen LogP contribution is 2.24. The van der Waals surface area contributed by atoms with Crippen molar-refractivity contribution in [1.29, 1.82) is 0 Å². The third-order valence-electron chi connectivity index (χ3n) is 2.29. The number of aromatic nitrogens is 1. The van der Waals surface area contributed by atoms with Crippen LogP contribution in [0.3, 0.4) is 0 Å². The van der Waals surface area contributed by atoms with Crippen molar-refractivity contribution in [2.24, 2.45) is 5.41 Å². The predicted octanol–water partition coefficient (Wildman–Crippen LogP) is 2.96. The maximum Gasteiger partial charge on any atom is 0.133 e. The largest absolute Gasteiger partial charge is 0.361 e. The molecule has 68 valence electrons. The van der Waals surface area contributed by atoms with Gasteiger partial charge in [-0.2, -0.15) is 0 Å². The monoisotopic (exact) mass is 167 g/mol. The summed E-state index contributed by atoms with van der Waals surface area (Å²) in [7, 11) is 0. The van der Waals surface area contributed by atoms with Gasteiger partial charge >= 0.3 is 0 Å². The Morgan fingerprint density at radius 1 is 1.50 bits per heavy atom. The van der Waals surface area contributed by atoms with Gasteiger partial charge in [0.15, 0.2) is 0 Å². The summed E-state index contributed by atoms with van der Waals surface area (Å²) in [4.78, 5) is 0. The molecule has 0 amide bonds. The molecule has 1 heterocycles. The van der Waals surface area contributed by atoms with Crippen LogP contribution in [0.1, 0.15) is 38.6 Å². The first-order chi connectivity index (χ1) is 5.53. The Labute approximate surface area is 74.0 Å². The van der Waals surface area contributed by atoms with Crippen molar-refractivity contribution in [2.45, 2.75) is 40.5 Å². The average molecular weight is 167 g/mol. The number of hydrogen-bond donors (Lipinski definition) is 0. The first-order valence-electron chi connectivity index (χ1n) is 4.46. The number of hydrogen-bond acceptors (Lipinski definition) is 2. The molecular formula is C10H17NO. The molecule has 0 bridgehead atoms. The van der Waals surface area contributed by atoms with E-state index in [2.05, 4.69) is 25.9 Å². The van der Waals surface area contributed by atoms with Gasteiger partial charge in [-0.25, -0.2) is 0 Å². The minimum atomic E-state index is 0.337. The summed E-state index contributed by atoms with van der Waals surface area (Å²) in [5.41, 5.74) is 1.41. The van der Waals surface area contributed by atoms with Crippen LogP contribution in [-0.4, -0.2) is 5.16 Å². The van der Waals surface area contributed by atoms with E-state index in [1.807, 2.05) is 13.0 Å². The topological polar surface area (TPSA) is 26.0 Å². The van der Waals surface area contributed by atoms with Gasteiger partial charge in [-0.1, -0.05) is 32.3 Å². The highest BCUT2D eigenvalue weighted by atomic mass is 16.5. The zero-order valence-corrected chi connectivity index (χ0v) is 8.35. The second kappa shape index (κ2) is 3.30. The lowest BCUT2D eigenvalue weighted by atomic mass is 9.85. The fraction of sp³-hybridized carbons (Fsp3) is 0.700. The van der Waals surface area contributed by atoms with E-state index in [9.17, 15) is 0 Å². The SMILES string of the molecule is CCC(C)(C)Cc1cc(C)on1. The molecule has 0 aliphatic rings. The molecule has 0 fully saturated rings. The van der Waals surface area contributed by atoms with E-state index in [0.717, 1.165) is 17.9 Å². The fourth-order valence-corrected chi connectivity index (χ4v) is 1.12. The molecule has 0 unspecified atom stereocenters. The van der Waals surface area contributed by atoms with Gasteiger partial charge < -0.3 is 4.52 Å². The van der Waals surface area contributed by atoms with Gasteiger partial charge in [0.25, 0.3) is 0 Å². The summed E-state index contributed by atoms with van der Waals surface area (Å²) in [6.07, 6.45) is 2.17. The summed E-state index contributed by atoms with van der Waals surface area (Å²) < 4.78 is 5.00. The van der Waals surface area contributed by atoms with E-state index < -0.39 is 0 Å². The van der Waals surface area contributed by atoms with Gasteiger partial charge in [-0.15, -0.1) is 0 Å². The minimum absolute atomic E-state index is 0.337. The Morgan fingerprint density at radius 2 is 2.17 bits per heavy atom. The van der Waals surface area contributed by atoms with E-state index in [-0.39, 0.29) is 0 Å². The third kappa shape index (κ3) is 2.36. The standard InChI is InChI=1S/C10H17NO/c1-5-10(3,4)7-9-6-8(2)12-11-9/h6H,5,7H2,1-4H3. The predicted molar refractivity (Wildman–Crippen MR) is 49.0 cm³/mol. The normalized spacial score (nSPS) is 12.0. The molecular weight excluding hydrogens is 150 g/mol. The Bertz CT molecular complexity index is 250. The van der Waals surface area contributed by atoms with E-state index in [1.54, 1.807) is 0 Å². The Hall–Kier alpha value is -0.790. The van der Waals surface area contributed by atoms with E-state index >= 15 is 0 Å². The summed E-state index contributed by atoms with van der Waals surface area (Å²) in [5, 5.41) is 3.97. The van der Waals surface area contributed by atoms with E-state index in [4.69, 9.17) is 4.52 Å². The summed E-state index contributed by atoms with van der Waals surface area (Å²) in [5.74, 6) is 0.900. The Kier molecular flexibility index (Phi) is 2.55. The van der Waals surface area contributed by atoms with Crippen LogP contribution in [0, 0.1) is 12.3 Å². The van der Waals surface area contributed by atoms with E-state index in [1.165, 1.54) is 6.42 Å². The van der Waals surface area contributed by atoms with E-state index in [0.29, 0.717) is 5.41 Å². The lowest BCUT2D eigenvalue weighted by Gasteiger charge is -2.20. The zero-order valence-electron chi connectivity index (χ0n) is 8.35. The first-order valence-corrected chi connectivity index (χ1v) is 4.46. The minimum Gasteiger partial charge on any atom is -0.361 e. The molecule has 1 aromatic rings. The van der Waals surface area contributed by atoms with Crippen molar-refractivity contribution in [2.75, 3.05) is 0 Å². The Balaban J connectivity index is 2.63. The van der Waals surface area contributed by atoms with Crippen molar-refractivity contribution >= 4 is 0 Å². The van der Waals surface area contributed by atoms with Crippen LogP contribution in [0.2, 0.25) is 0 Å². The van der Waals surface area contributed by atoms with Crippen molar-refractivity contribution in [1.82, 2.24) is 5.16 Å². The van der Waals surface area contributed by atoms with Gasteiger partial charge in [-0.3, -0.25) is 0 Å². The molecule has 1 aromatic heterocycles. The lowest BCUT2D eigenvalue weighted by molar-refractivity contribution is 0.328. The maximum atomic E-state index is 5.00. The molecule has 0 aliphatic carbocycles. The molecule has 0 N–H and O–H groups in total. The molecule has 2 heteroatoms. The highest BCUT2D eigenvalue weighted by Gasteiger charge is 2.17. The van der Waals surface area contributed by atoms with Crippen molar-refractivity contribution in [3.05, 3.63) is 17.5 Å². The molecule has 0 aliphatic heterocycles. The maximum absolute atomic E-state index is 5.00. The molecule has 0 atom stereocenters. The highest BCUT2D eigenvalue weighted by molar-refractivity contribution is 5.05. The van der Waals surface area contributed by atoms with Gasteiger partial charge in [0.05, 0.1) is 5.69 Å². The van der Waals surface area contributed by atoms with Crippen LogP contribution in [0.15, 0.2) is 10.6 Å². The Morgan fingerprint density at radius 3 is 2.58 bits per heavy atom. The number of nitrogens with zero attached hydrogens (tertiary/aromatic N) is 1. The number of aryl methyl sites for hydroxylation is 1. The molecule has 2 nitrogen and oxygen atoms in total. The molecule has 0 radical (unpaired) electrons. The van der Waals surface area contributed by atoms with Crippen molar-refractivity contribution in [3.63, 3.8) is 0 Å². The quantitative estimate of drug-likeness (QED) is 0.691. The van der Waals surface area contributed by atoms with Gasteiger partial charge in [0, 0.05) is 6.07 Å². The summed E-state index contributed by atoms with van der Waals surface area (Å²) >= 11 is 0. The third-order valence-corrected chi connectivity index (χ3v) is 2.29. The van der Waals surface area contributed by atoms with Crippen LogP contribution in [0.5, 0.6) is 0 Å². The molecule has 1 rings (SSSR count). The molecule has 0 spiro atoms. The van der Waals surface area contributed by atoms with Crippen LogP contribution >= 0.6 is 0 Å². The molecule has 0 aromatic carbocycles. The fourth-order valence-electron chi connectivity index (χ4n) is 1.12. The molecule has 12 heavy (non-hydrogen) atoms.